The molecule has 0 unspecified atom stereocenters. The number of carbonyl (C=O) groups excluding carboxylic acids is 1. The Bertz CT molecular complexity index is 659. The van der Waals surface area contributed by atoms with E-state index >= 15 is 0 Å². The molecule has 0 aliphatic heterocycles. The molecule has 104 valence electrons. The lowest BCUT2D eigenvalue weighted by Crippen LogP contribution is -2.08. The first kappa shape index (κ1) is 13.8. The van der Waals surface area contributed by atoms with Gasteiger partial charge in [-0.25, -0.2) is 14.2 Å². The second-order valence-corrected chi connectivity index (χ2v) is 3.94. The van der Waals surface area contributed by atoms with Gasteiger partial charge in [-0.1, -0.05) is 6.07 Å². The normalized spacial score (nSPS) is 10.2. The van der Waals surface area contributed by atoms with Crippen LogP contribution < -0.4 is 10.5 Å². The lowest BCUT2D eigenvalue weighted by molar-refractivity contribution is 0.0601. The minimum Gasteiger partial charge on any atom is -0.496 e. The molecule has 2 aromatic rings. The number of ether oxygens (including phenoxy) is 2. The van der Waals surface area contributed by atoms with E-state index in [9.17, 15) is 9.18 Å². The van der Waals surface area contributed by atoms with Crippen molar-refractivity contribution in [1.29, 1.82) is 0 Å². The Kier molecular flexibility index (Phi) is 3.84. The summed E-state index contributed by atoms with van der Waals surface area (Å²) in [5.74, 6) is -0.767. The van der Waals surface area contributed by atoms with Gasteiger partial charge in [0.1, 0.15) is 17.4 Å². The average molecular weight is 276 g/mol. The molecule has 2 rings (SSSR count). The summed E-state index contributed by atoms with van der Waals surface area (Å²) in [7, 11) is 2.64. The summed E-state index contributed by atoms with van der Waals surface area (Å²) in [6.07, 6.45) is 0. The molecular weight excluding hydrogens is 263 g/mol. The second kappa shape index (κ2) is 5.56. The summed E-state index contributed by atoms with van der Waals surface area (Å²) < 4.78 is 23.9. The highest BCUT2D eigenvalue weighted by Crippen LogP contribution is 2.34. The van der Waals surface area contributed by atoms with E-state index in [4.69, 9.17) is 10.5 Å². The van der Waals surface area contributed by atoms with Crippen LogP contribution in [0, 0.1) is 5.82 Å². The predicted octanol–water partition coefficient (Wildman–Crippen LogP) is 2.27. The highest BCUT2D eigenvalue weighted by Gasteiger charge is 2.21. The largest absolute Gasteiger partial charge is 0.496 e. The highest BCUT2D eigenvalue weighted by molar-refractivity contribution is 5.97. The number of esters is 1. The van der Waals surface area contributed by atoms with Crippen molar-refractivity contribution in [1.82, 2.24) is 4.98 Å². The van der Waals surface area contributed by atoms with Gasteiger partial charge in [-0.3, -0.25) is 0 Å². The minimum atomic E-state index is -0.627. The number of carbonyl (C=O) groups is 1. The van der Waals surface area contributed by atoms with Crippen LogP contribution in [0.4, 0.5) is 10.2 Å². The molecule has 1 heterocycles. The molecule has 0 fully saturated rings. The van der Waals surface area contributed by atoms with E-state index in [1.807, 2.05) is 0 Å². The molecule has 0 aliphatic rings. The van der Waals surface area contributed by atoms with Crippen molar-refractivity contribution in [3.8, 4) is 17.0 Å². The predicted molar refractivity (Wildman–Crippen MR) is 71.9 cm³/mol. The molecule has 1 aromatic heterocycles. The van der Waals surface area contributed by atoms with E-state index in [1.54, 1.807) is 6.07 Å². The number of hydrogen-bond donors (Lipinski definition) is 1. The van der Waals surface area contributed by atoms with Gasteiger partial charge in [0.25, 0.3) is 0 Å². The molecule has 0 saturated carbocycles. The van der Waals surface area contributed by atoms with Gasteiger partial charge in [0.15, 0.2) is 0 Å². The van der Waals surface area contributed by atoms with E-state index in [0.29, 0.717) is 0 Å². The molecule has 0 amide bonds. The zero-order valence-electron chi connectivity index (χ0n) is 11.0. The van der Waals surface area contributed by atoms with E-state index in [-0.39, 0.29) is 28.4 Å². The van der Waals surface area contributed by atoms with Crippen LogP contribution in [0.5, 0.6) is 5.75 Å². The summed E-state index contributed by atoms with van der Waals surface area (Å²) in [4.78, 5) is 15.8. The number of aromatic nitrogens is 1. The number of nitrogen functional groups attached to an aromatic ring is 1. The number of nitrogens with two attached hydrogens (primary N) is 1. The summed E-state index contributed by atoms with van der Waals surface area (Å²) >= 11 is 0. The van der Waals surface area contributed by atoms with Crippen LogP contribution in [0.25, 0.3) is 11.3 Å². The highest BCUT2D eigenvalue weighted by atomic mass is 19.1. The summed E-state index contributed by atoms with van der Waals surface area (Å²) in [5.41, 5.74) is 5.90. The Hall–Kier alpha value is -2.63. The molecule has 5 nitrogen and oxygen atoms in total. The van der Waals surface area contributed by atoms with Crippen LogP contribution in [0.1, 0.15) is 10.4 Å². The third kappa shape index (κ3) is 2.40. The first-order valence-electron chi connectivity index (χ1n) is 5.76. The Morgan fingerprint density at radius 1 is 1.25 bits per heavy atom. The van der Waals surface area contributed by atoms with Crippen LogP contribution in [0.2, 0.25) is 0 Å². The molecular formula is C14H13FN2O3. The Morgan fingerprint density at radius 3 is 2.65 bits per heavy atom. The number of methoxy groups -OCH3 is 2. The van der Waals surface area contributed by atoms with E-state index in [1.165, 1.54) is 38.5 Å². The third-order valence-corrected chi connectivity index (χ3v) is 2.75. The second-order valence-electron chi connectivity index (χ2n) is 3.94. The smallest absolute Gasteiger partial charge is 0.340 e. The van der Waals surface area contributed by atoms with E-state index in [2.05, 4.69) is 9.72 Å². The molecule has 0 aliphatic carbocycles. The maximum Gasteiger partial charge on any atom is 0.340 e. The fraction of sp³-hybridized carbons (Fsp3) is 0.143. The van der Waals surface area contributed by atoms with Crippen molar-refractivity contribution < 1.29 is 18.7 Å². The van der Waals surface area contributed by atoms with Gasteiger partial charge in [0.05, 0.1) is 31.0 Å². The number of rotatable bonds is 3. The fourth-order valence-corrected chi connectivity index (χ4v) is 1.84. The zero-order valence-corrected chi connectivity index (χ0v) is 11.0. The van der Waals surface area contributed by atoms with Gasteiger partial charge >= 0.3 is 5.97 Å². The van der Waals surface area contributed by atoms with Crippen molar-refractivity contribution >= 4 is 11.8 Å². The first-order chi connectivity index (χ1) is 9.58. The maximum absolute atomic E-state index is 14.1. The molecule has 20 heavy (non-hydrogen) atoms. The third-order valence-electron chi connectivity index (χ3n) is 2.75. The van der Waals surface area contributed by atoms with Crippen molar-refractivity contribution in [2.45, 2.75) is 0 Å². The van der Waals surface area contributed by atoms with E-state index in [0.717, 1.165) is 0 Å². The monoisotopic (exact) mass is 276 g/mol. The molecule has 0 spiro atoms. The fourth-order valence-electron chi connectivity index (χ4n) is 1.84. The molecule has 0 saturated heterocycles. The van der Waals surface area contributed by atoms with E-state index < -0.39 is 11.8 Å². The summed E-state index contributed by atoms with van der Waals surface area (Å²) in [5, 5.41) is 0. The van der Waals surface area contributed by atoms with Crippen LogP contribution in [-0.4, -0.2) is 25.2 Å². The van der Waals surface area contributed by atoms with Gasteiger partial charge in [0, 0.05) is 0 Å². The molecule has 0 radical (unpaired) electrons. The Morgan fingerprint density at radius 2 is 2.00 bits per heavy atom. The topological polar surface area (TPSA) is 74.4 Å². The van der Waals surface area contributed by atoms with Gasteiger partial charge in [-0.05, 0) is 24.3 Å². The molecule has 0 bridgehead atoms. The lowest BCUT2D eigenvalue weighted by atomic mass is 10.0. The number of hydrogen-bond acceptors (Lipinski definition) is 5. The van der Waals surface area contributed by atoms with Crippen LogP contribution in [0.15, 0.2) is 30.3 Å². The van der Waals surface area contributed by atoms with Crippen molar-refractivity contribution in [2.24, 2.45) is 0 Å². The number of nitrogens with zero attached hydrogens (tertiary/aromatic N) is 1. The average Bonchev–Trinajstić information content (AvgIpc) is 2.46. The first-order valence-corrected chi connectivity index (χ1v) is 5.76. The van der Waals surface area contributed by atoms with Crippen LogP contribution >= 0.6 is 0 Å². The van der Waals surface area contributed by atoms with Gasteiger partial charge in [0.2, 0.25) is 0 Å². The van der Waals surface area contributed by atoms with Crippen LogP contribution in [-0.2, 0) is 4.74 Å². The Labute approximate surface area is 115 Å². The van der Waals surface area contributed by atoms with Crippen molar-refractivity contribution in [3.63, 3.8) is 0 Å². The SMILES string of the molecule is COC(=O)c1ccc(N)nc1-c1c(F)cccc1OC. The standard InChI is InChI=1S/C14H13FN2O3/c1-19-10-5-3-4-9(15)12(10)13-8(14(18)20-2)6-7-11(16)17-13/h3-7H,1-2H3,(H2,16,17). The van der Waals surface area contributed by atoms with Gasteiger partial charge in [-0.15, -0.1) is 0 Å². The molecule has 2 N–H and O–H groups in total. The number of pyridine rings is 1. The lowest BCUT2D eigenvalue weighted by Gasteiger charge is -2.12. The van der Waals surface area contributed by atoms with Crippen molar-refractivity contribution in [3.05, 3.63) is 41.7 Å². The summed E-state index contributed by atoms with van der Waals surface area (Å²) in [6.45, 7) is 0. The molecule has 0 atom stereocenters. The summed E-state index contributed by atoms with van der Waals surface area (Å²) in [6, 6.07) is 7.22. The zero-order chi connectivity index (χ0) is 14.7. The number of anilines is 1. The molecule has 1 aromatic carbocycles. The number of halogens is 1. The number of benzene rings is 1. The molecule has 6 heteroatoms. The maximum atomic E-state index is 14.1. The van der Waals surface area contributed by atoms with Crippen LogP contribution in [0.3, 0.4) is 0 Å². The Balaban J connectivity index is 2.75. The van der Waals surface area contributed by atoms with Crippen molar-refractivity contribution in [2.75, 3.05) is 20.0 Å². The van der Waals surface area contributed by atoms with Gasteiger partial charge in [-0.2, -0.15) is 0 Å². The minimum absolute atomic E-state index is 0.0719. The van der Waals surface area contributed by atoms with Gasteiger partial charge < -0.3 is 15.2 Å². The quantitative estimate of drug-likeness (QED) is 0.870.